The lowest BCUT2D eigenvalue weighted by Gasteiger charge is -2.08. The lowest BCUT2D eigenvalue weighted by Crippen LogP contribution is -2.43. The van der Waals surface area contributed by atoms with Crippen LogP contribution in [0.3, 0.4) is 0 Å². The molecule has 2 rings (SSSR count). The first kappa shape index (κ1) is 16.1. The normalized spacial score (nSPS) is 10.7. The Morgan fingerprint density at radius 1 is 1.41 bits per heavy atom. The number of carbonyl (C=O) groups is 2. The average Bonchev–Trinajstić information content (AvgIpc) is 3.04. The predicted octanol–water partition coefficient (Wildman–Crippen LogP) is 1.40. The number of nitrogens with one attached hydrogen (secondary N) is 2. The van der Waals surface area contributed by atoms with Gasteiger partial charge in [-0.3, -0.25) is 10.1 Å². The molecule has 3 amide bonds. The molecule has 0 spiro atoms. The zero-order valence-corrected chi connectivity index (χ0v) is 13.3. The van der Waals surface area contributed by atoms with E-state index in [1.165, 1.54) is 11.8 Å². The van der Waals surface area contributed by atoms with E-state index in [9.17, 15) is 9.59 Å². The number of thioether (sulfide) groups is 1. The van der Waals surface area contributed by atoms with Gasteiger partial charge in [0.25, 0.3) is 0 Å². The topological polar surface area (TPSA) is 102 Å². The van der Waals surface area contributed by atoms with Crippen LogP contribution in [0.15, 0.2) is 28.0 Å². The molecule has 0 aliphatic carbocycles. The van der Waals surface area contributed by atoms with Crippen molar-refractivity contribution in [3.05, 3.63) is 18.4 Å². The monoisotopic (exact) mass is 323 g/mol. The molecule has 8 nitrogen and oxygen atoms in total. The van der Waals surface area contributed by atoms with Gasteiger partial charge in [0, 0.05) is 13.1 Å². The van der Waals surface area contributed by atoms with Gasteiger partial charge in [-0.15, -0.1) is 10.2 Å². The van der Waals surface area contributed by atoms with Gasteiger partial charge in [0.15, 0.2) is 16.7 Å². The van der Waals surface area contributed by atoms with Crippen molar-refractivity contribution in [3.8, 4) is 11.6 Å². The summed E-state index contributed by atoms with van der Waals surface area (Å²) in [6.07, 6.45) is 1.55. The van der Waals surface area contributed by atoms with E-state index >= 15 is 0 Å². The summed E-state index contributed by atoms with van der Waals surface area (Å²) in [5.74, 6) is 0.842. The highest BCUT2D eigenvalue weighted by molar-refractivity contribution is 7.99. The van der Waals surface area contributed by atoms with E-state index in [1.807, 2.05) is 13.8 Å². The number of nitrogens with zero attached hydrogens (tertiary/aromatic N) is 3. The molecule has 0 saturated heterocycles. The summed E-state index contributed by atoms with van der Waals surface area (Å²) in [6.45, 7) is 3.63. The molecule has 0 saturated carbocycles. The van der Waals surface area contributed by atoms with Crippen LogP contribution in [0.2, 0.25) is 0 Å². The first-order chi connectivity index (χ1) is 10.5. The molecule has 118 valence electrons. The van der Waals surface area contributed by atoms with Crippen LogP contribution in [-0.2, 0) is 11.8 Å². The van der Waals surface area contributed by atoms with Crippen LogP contribution in [0.5, 0.6) is 0 Å². The fraction of sp³-hybridized carbons (Fsp3) is 0.385. The second-order valence-electron chi connectivity index (χ2n) is 4.81. The number of carbonyl (C=O) groups excluding carboxylic acids is 2. The van der Waals surface area contributed by atoms with Gasteiger partial charge >= 0.3 is 6.03 Å². The molecule has 2 aromatic rings. The molecule has 0 bridgehead atoms. The van der Waals surface area contributed by atoms with Crippen LogP contribution in [-0.4, -0.2) is 38.5 Å². The Morgan fingerprint density at radius 2 is 2.18 bits per heavy atom. The summed E-state index contributed by atoms with van der Waals surface area (Å²) < 4.78 is 6.99. The molecule has 22 heavy (non-hydrogen) atoms. The third-order valence-electron chi connectivity index (χ3n) is 2.58. The zero-order chi connectivity index (χ0) is 16.1. The standard InChI is InChI=1S/C13H17N5O3S/c1-8(2)14-12(20)15-10(19)7-22-13-17-16-11(18(13)3)9-5-4-6-21-9/h4-6,8H,7H2,1-3H3,(H2,14,15,19,20). The lowest BCUT2D eigenvalue weighted by atomic mass is 10.4. The highest BCUT2D eigenvalue weighted by Gasteiger charge is 2.15. The van der Waals surface area contributed by atoms with Crippen LogP contribution in [0.1, 0.15) is 13.8 Å². The first-order valence-electron chi connectivity index (χ1n) is 6.63. The Bertz CT molecular complexity index is 651. The van der Waals surface area contributed by atoms with Gasteiger partial charge in [-0.25, -0.2) is 4.79 Å². The fourth-order valence-electron chi connectivity index (χ4n) is 1.65. The average molecular weight is 323 g/mol. The smallest absolute Gasteiger partial charge is 0.321 e. The first-order valence-corrected chi connectivity index (χ1v) is 7.62. The number of imide groups is 1. The van der Waals surface area contributed by atoms with E-state index in [-0.39, 0.29) is 11.8 Å². The maximum absolute atomic E-state index is 11.7. The SMILES string of the molecule is CC(C)NC(=O)NC(=O)CSc1nnc(-c2ccco2)n1C. The number of furan rings is 1. The highest BCUT2D eigenvalue weighted by atomic mass is 32.2. The Kier molecular flexibility index (Phi) is 5.21. The zero-order valence-electron chi connectivity index (χ0n) is 12.5. The summed E-state index contributed by atoms with van der Waals surface area (Å²) in [7, 11) is 1.78. The van der Waals surface area contributed by atoms with Crippen LogP contribution in [0.4, 0.5) is 4.79 Å². The maximum atomic E-state index is 11.7. The lowest BCUT2D eigenvalue weighted by molar-refractivity contribution is -0.117. The molecule has 2 N–H and O–H groups in total. The van der Waals surface area contributed by atoms with E-state index in [0.717, 1.165) is 0 Å². The van der Waals surface area contributed by atoms with E-state index < -0.39 is 11.9 Å². The minimum Gasteiger partial charge on any atom is -0.461 e. The fourth-order valence-corrected chi connectivity index (χ4v) is 2.36. The van der Waals surface area contributed by atoms with Crippen LogP contribution in [0.25, 0.3) is 11.6 Å². The number of rotatable bonds is 5. The summed E-state index contributed by atoms with van der Waals surface area (Å²) in [5, 5.41) is 13.4. The molecule has 2 aromatic heterocycles. The molecule has 0 radical (unpaired) electrons. The third-order valence-corrected chi connectivity index (χ3v) is 3.60. The maximum Gasteiger partial charge on any atom is 0.321 e. The molecule has 0 atom stereocenters. The summed E-state index contributed by atoms with van der Waals surface area (Å²) >= 11 is 1.19. The van der Waals surface area contributed by atoms with E-state index in [1.54, 1.807) is 30.0 Å². The van der Waals surface area contributed by atoms with Crippen molar-refractivity contribution in [2.45, 2.75) is 25.0 Å². The Morgan fingerprint density at radius 3 is 2.82 bits per heavy atom. The highest BCUT2D eigenvalue weighted by Crippen LogP contribution is 2.22. The predicted molar refractivity (Wildman–Crippen MR) is 81.2 cm³/mol. The van der Waals surface area contributed by atoms with Gasteiger partial charge in [0.2, 0.25) is 5.91 Å². The van der Waals surface area contributed by atoms with Crippen molar-refractivity contribution in [1.82, 2.24) is 25.4 Å². The van der Waals surface area contributed by atoms with Crippen molar-refractivity contribution in [1.29, 1.82) is 0 Å². The quantitative estimate of drug-likeness (QED) is 0.806. The van der Waals surface area contributed by atoms with Gasteiger partial charge < -0.3 is 14.3 Å². The number of hydrogen-bond acceptors (Lipinski definition) is 6. The molecule has 2 heterocycles. The van der Waals surface area contributed by atoms with E-state index in [2.05, 4.69) is 20.8 Å². The van der Waals surface area contributed by atoms with Gasteiger partial charge in [0.05, 0.1) is 12.0 Å². The Hall–Kier alpha value is -2.29. The number of amides is 3. The molecule has 0 unspecified atom stereocenters. The van der Waals surface area contributed by atoms with Crippen LogP contribution < -0.4 is 10.6 Å². The summed E-state index contributed by atoms with van der Waals surface area (Å²) in [6, 6.07) is 3.00. The molecule has 0 aliphatic rings. The van der Waals surface area contributed by atoms with Gasteiger partial charge in [0.1, 0.15) is 0 Å². The summed E-state index contributed by atoms with van der Waals surface area (Å²) in [5.41, 5.74) is 0. The van der Waals surface area contributed by atoms with Crippen molar-refractivity contribution in [3.63, 3.8) is 0 Å². The van der Waals surface area contributed by atoms with E-state index in [0.29, 0.717) is 16.7 Å². The Labute approximate surface area is 131 Å². The number of hydrogen-bond donors (Lipinski definition) is 2. The van der Waals surface area contributed by atoms with Crippen LogP contribution in [0, 0.1) is 0 Å². The minimum atomic E-state index is -0.505. The van der Waals surface area contributed by atoms with Gasteiger partial charge in [-0.2, -0.15) is 0 Å². The Balaban J connectivity index is 1.90. The van der Waals surface area contributed by atoms with Crippen molar-refractivity contribution in [2.24, 2.45) is 7.05 Å². The van der Waals surface area contributed by atoms with Gasteiger partial charge in [-0.05, 0) is 26.0 Å². The van der Waals surface area contributed by atoms with Crippen LogP contribution >= 0.6 is 11.8 Å². The second-order valence-corrected chi connectivity index (χ2v) is 5.75. The molecule has 0 aliphatic heterocycles. The minimum absolute atomic E-state index is 0.0324. The van der Waals surface area contributed by atoms with Crippen molar-refractivity contribution < 1.29 is 14.0 Å². The summed E-state index contributed by atoms with van der Waals surface area (Å²) in [4.78, 5) is 23.1. The molecule has 9 heteroatoms. The van der Waals surface area contributed by atoms with Gasteiger partial charge in [-0.1, -0.05) is 11.8 Å². The number of urea groups is 1. The second kappa shape index (κ2) is 7.12. The molecule has 0 aromatic carbocycles. The number of aromatic nitrogens is 3. The largest absolute Gasteiger partial charge is 0.461 e. The van der Waals surface area contributed by atoms with E-state index in [4.69, 9.17) is 4.42 Å². The molecular weight excluding hydrogens is 306 g/mol. The van der Waals surface area contributed by atoms with Crippen molar-refractivity contribution >= 4 is 23.7 Å². The third kappa shape index (κ3) is 4.10. The van der Waals surface area contributed by atoms with Crippen molar-refractivity contribution in [2.75, 3.05) is 5.75 Å². The molecular formula is C13H17N5O3S. The molecule has 0 fully saturated rings.